The maximum absolute atomic E-state index is 5.57. The van der Waals surface area contributed by atoms with Crippen molar-refractivity contribution < 1.29 is 0 Å². The van der Waals surface area contributed by atoms with Crippen molar-refractivity contribution in [1.82, 2.24) is 14.7 Å². The van der Waals surface area contributed by atoms with Gasteiger partial charge in [0.1, 0.15) is 5.82 Å². The second-order valence-electron chi connectivity index (χ2n) is 4.36. The van der Waals surface area contributed by atoms with Gasteiger partial charge in [0.15, 0.2) is 0 Å². The average Bonchev–Trinajstić information content (AvgIpc) is 2.71. The van der Waals surface area contributed by atoms with E-state index < -0.39 is 0 Å². The quantitative estimate of drug-likeness (QED) is 0.772. The molecule has 0 saturated carbocycles. The monoisotopic (exact) mass is 256 g/mol. The molecule has 1 aromatic rings. The van der Waals surface area contributed by atoms with Crippen molar-refractivity contribution in [3.63, 3.8) is 0 Å². The number of anilines is 1. The van der Waals surface area contributed by atoms with Crippen LogP contribution in [0, 0.1) is 0 Å². The Kier molecular flexibility index (Phi) is 6.44. The Labute approximate surface area is 109 Å². The van der Waals surface area contributed by atoms with Gasteiger partial charge in [0.25, 0.3) is 0 Å². The summed E-state index contributed by atoms with van der Waals surface area (Å²) in [6.07, 6.45) is 6.44. The Morgan fingerprint density at radius 3 is 2.88 bits per heavy atom. The Balaban J connectivity index is 2.25. The maximum Gasteiger partial charge on any atom is 0.145 e. The van der Waals surface area contributed by atoms with Crippen LogP contribution >= 0.6 is 11.8 Å². The van der Waals surface area contributed by atoms with Crippen LogP contribution < -0.4 is 5.73 Å². The van der Waals surface area contributed by atoms with Gasteiger partial charge in [-0.1, -0.05) is 6.92 Å². The molecule has 0 amide bonds. The first-order valence-electron chi connectivity index (χ1n) is 6.15. The van der Waals surface area contributed by atoms with E-state index in [2.05, 4.69) is 30.2 Å². The molecule has 0 aliphatic heterocycles. The molecule has 98 valence electrons. The van der Waals surface area contributed by atoms with Gasteiger partial charge in [0.05, 0.1) is 0 Å². The van der Waals surface area contributed by atoms with Crippen molar-refractivity contribution >= 4 is 17.6 Å². The summed E-state index contributed by atoms with van der Waals surface area (Å²) in [6, 6.07) is 2.53. The fourth-order valence-electron chi connectivity index (χ4n) is 1.92. The zero-order chi connectivity index (χ0) is 12.7. The third-order valence-corrected chi connectivity index (χ3v) is 3.73. The third-order valence-electron chi connectivity index (χ3n) is 3.01. The van der Waals surface area contributed by atoms with Gasteiger partial charge in [-0.15, -0.1) is 0 Å². The SMILES string of the molecule is CCC(CSC)N(C)CCCn1ccc(N)n1. The molecule has 1 atom stereocenters. The summed E-state index contributed by atoms with van der Waals surface area (Å²) in [5.74, 6) is 1.81. The first kappa shape index (κ1) is 14.4. The molecular weight excluding hydrogens is 232 g/mol. The molecule has 0 aliphatic carbocycles. The van der Waals surface area contributed by atoms with Crippen LogP contribution in [0.5, 0.6) is 0 Å². The number of hydrogen-bond acceptors (Lipinski definition) is 4. The van der Waals surface area contributed by atoms with Crippen molar-refractivity contribution in [3.8, 4) is 0 Å². The molecule has 0 fully saturated rings. The summed E-state index contributed by atoms with van der Waals surface area (Å²) < 4.78 is 1.92. The Bertz CT molecular complexity index is 313. The number of nitrogens with two attached hydrogens (primary N) is 1. The van der Waals surface area contributed by atoms with Crippen LogP contribution in [0.3, 0.4) is 0 Å². The van der Waals surface area contributed by atoms with Crippen molar-refractivity contribution in [1.29, 1.82) is 0 Å². The summed E-state index contributed by atoms with van der Waals surface area (Å²) in [5.41, 5.74) is 5.57. The number of nitrogens with zero attached hydrogens (tertiary/aromatic N) is 3. The number of aromatic nitrogens is 2. The number of thioether (sulfide) groups is 1. The van der Waals surface area contributed by atoms with Crippen LogP contribution in [-0.4, -0.2) is 46.3 Å². The minimum absolute atomic E-state index is 0.604. The van der Waals surface area contributed by atoms with E-state index in [1.54, 1.807) is 0 Å². The lowest BCUT2D eigenvalue weighted by Crippen LogP contribution is -2.34. The average molecular weight is 256 g/mol. The van der Waals surface area contributed by atoms with E-state index in [4.69, 9.17) is 5.73 Å². The van der Waals surface area contributed by atoms with Gasteiger partial charge in [0.2, 0.25) is 0 Å². The Morgan fingerprint density at radius 1 is 1.59 bits per heavy atom. The second kappa shape index (κ2) is 7.61. The Hall–Kier alpha value is -0.680. The van der Waals surface area contributed by atoms with E-state index in [1.165, 1.54) is 12.2 Å². The fourth-order valence-corrected chi connectivity index (χ4v) is 2.79. The van der Waals surface area contributed by atoms with E-state index in [0.717, 1.165) is 19.5 Å². The highest BCUT2D eigenvalue weighted by Crippen LogP contribution is 2.09. The number of rotatable bonds is 8. The second-order valence-corrected chi connectivity index (χ2v) is 5.27. The molecular formula is C12H24N4S. The highest BCUT2D eigenvalue weighted by molar-refractivity contribution is 7.98. The van der Waals surface area contributed by atoms with E-state index in [9.17, 15) is 0 Å². The topological polar surface area (TPSA) is 47.1 Å². The summed E-state index contributed by atoms with van der Waals surface area (Å²) in [4.78, 5) is 2.45. The van der Waals surface area contributed by atoms with Gasteiger partial charge >= 0.3 is 0 Å². The Morgan fingerprint density at radius 2 is 2.35 bits per heavy atom. The summed E-state index contributed by atoms with van der Waals surface area (Å²) in [6.45, 7) is 4.31. The number of nitrogen functional groups attached to an aromatic ring is 1. The molecule has 0 bridgehead atoms. The molecule has 1 aromatic heterocycles. The number of hydrogen-bond donors (Lipinski definition) is 1. The summed E-state index contributed by atoms with van der Waals surface area (Å²) in [5, 5.41) is 4.18. The van der Waals surface area contributed by atoms with Gasteiger partial charge in [-0.05, 0) is 38.8 Å². The molecule has 0 saturated heterocycles. The molecule has 0 radical (unpaired) electrons. The van der Waals surface area contributed by atoms with Crippen LogP contribution in [0.2, 0.25) is 0 Å². The lowest BCUT2D eigenvalue weighted by atomic mass is 10.2. The number of aryl methyl sites for hydroxylation is 1. The first-order chi connectivity index (χ1) is 8.17. The highest BCUT2D eigenvalue weighted by atomic mass is 32.2. The molecule has 1 rings (SSSR count). The van der Waals surface area contributed by atoms with Crippen LogP contribution in [0.4, 0.5) is 5.82 Å². The molecule has 0 aliphatic rings. The van der Waals surface area contributed by atoms with Crippen LogP contribution in [0.25, 0.3) is 0 Å². The fraction of sp³-hybridized carbons (Fsp3) is 0.750. The smallest absolute Gasteiger partial charge is 0.145 e. The van der Waals surface area contributed by atoms with Crippen molar-refractivity contribution in [2.45, 2.75) is 32.4 Å². The molecule has 0 spiro atoms. The molecule has 5 heteroatoms. The lowest BCUT2D eigenvalue weighted by molar-refractivity contribution is 0.247. The predicted molar refractivity (Wildman–Crippen MR) is 76.3 cm³/mol. The molecule has 2 N–H and O–H groups in total. The van der Waals surface area contributed by atoms with Crippen molar-refractivity contribution in [2.75, 3.05) is 31.3 Å². The zero-order valence-corrected chi connectivity index (χ0v) is 11.9. The van der Waals surface area contributed by atoms with Gasteiger partial charge in [-0.3, -0.25) is 4.68 Å². The normalized spacial score (nSPS) is 13.2. The highest BCUT2D eigenvalue weighted by Gasteiger charge is 2.11. The van der Waals surface area contributed by atoms with E-state index in [-0.39, 0.29) is 0 Å². The van der Waals surface area contributed by atoms with Gasteiger partial charge in [-0.25, -0.2) is 0 Å². The van der Waals surface area contributed by atoms with Crippen LogP contribution in [-0.2, 0) is 6.54 Å². The van der Waals surface area contributed by atoms with Gasteiger partial charge in [0, 0.05) is 24.5 Å². The van der Waals surface area contributed by atoms with Gasteiger partial charge < -0.3 is 10.6 Å². The van der Waals surface area contributed by atoms with E-state index >= 15 is 0 Å². The van der Waals surface area contributed by atoms with Crippen LogP contribution in [0.1, 0.15) is 19.8 Å². The van der Waals surface area contributed by atoms with Crippen molar-refractivity contribution in [2.24, 2.45) is 0 Å². The molecule has 17 heavy (non-hydrogen) atoms. The molecule has 0 aromatic carbocycles. The molecule has 1 unspecified atom stereocenters. The minimum Gasteiger partial charge on any atom is -0.382 e. The largest absolute Gasteiger partial charge is 0.382 e. The summed E-state index contributed by atoms with van der Waals surface area (Å²) in [7, 11) is 2.21. The first-order valence-corrected chi connectivity index (χ1v) is 7.54. The van der Waals surface area contributed by atoms with Gasteiger partial charge in [-0.2, -0.15) is 16.9 Å². The standard InChI is InChI=1S/C12H24N4S/c1-4-11(10-17-3)15(2)7-5-8-16-9-6-12(13)14-16/h6,9,11H,4-5,7-8,10H2,1-3H3,(H2,13,14). The molecule has 4 nitrogen and oxygen atoms in total. The third kappa shape index (κ3) is 5.00. The minimum atomic E-state index is 0.604. The van der Waals surface area contributed by atoms with Crippen LogP contribution in [0.15, 0.2) is 12.3 Å². The lowest BCUT2D eigenvalue weighted by Gasteiger charge is -2.26. The predicted octanol–water partition coefficient (Wildman–Crippen LogP) is 1.93. The maximum atomic E-state index is 5.57. The zero-order valence-electron chi connectivity index (χ0n) is 11.1. The van der Waals surface area contributed by atoms with E-state index in [1.807, 2.05) is 28.7 Å². The van der Waals surface area contributed by atoms with Crippen molar-refractivity contribution in [3.05, 3.63) is 12.3 Å². The molecule has 1 heterocycles. The summed E-state index contributed by atoms with van der Waals surface area (Å²) >= 11 is 1.92. The van der Waals surface area contributed by atoms with E-state index in [0.29, 0.717) is 11.9 Å².